The van der Waals surface area contributed by atoms with Gasteiger partial charge in [-0.3, -0.25) is 9.88 Å². The largest absolute Gasteiger partial charge is 0.507 e. The molecule has 0 amide bonds. The topological polar surface area (TPSA) is 88.3 Å². The highest BCUT2D eigenvalue weighted by Crippen LogP contribution is 2.48. The Kier molecular flexibility index (Phi) is 7.75. The van der Waals surface area contributed by atoms with Crippen LogP contribution in [0.3, 0.4) is 0 Å². The number of phenols is 1. The van der Waals surface area contributed by atoms with Crippen LogP contribution in [0.1, 0.15) is 61.0 Å². The Hall–Kier alpha value is -3.62. The fourth-order valence-corrected chi connectivity index (χ4v) is 5.46. The van der Waals surface area contributed by atoms with Gasteiger partial charge in [0.2, 0.25) is 0 Å². The minimum absolute atomic E-state index is 0.0212. The summed E-state index contributed by atoms with van der Waals surface area (Å²) in [5.41, 5.74) is 2.49. The third-order valence-electron chi connectivity index (χ3n) is 7.45. The first-order valence-corrected chi connectivity index (χ1v) is 13.9. The van der Waals surface area contributed by atoms with E-state index >= 15 is 0 Å². The molecule has 0 aliphatic carbocycles. The number of esters is 1. The molecule has 0 saturated carbocycles. The van der Waals surface area contributed by atoms with Crippen LogP contribution in [0.25, 0.3) is 21.7 Å². The average Bonchev–Trinajstić information content (AvgIpc) is 3.27. The number of benzene rings is 2. The van der Waals surface area contributed by atoms with E-state index in [2.05, 4.69) is 42.6 Å². The molecule has 8 heteroatoms. The summed E-state index contributed by atoms with van der Waals surface area (Å²) in [6.45, 7) is 14.0. The SMILES string of the molecule is CCOC(=O)c1c(C)oc2c1c(C(c1ccncc1)N1CCN(C)CC1)c(O)c1cc(OCC(C)(C)C)ccc12. The van der Waals surface area contributed by atoms with Crippen molar-refractivity contribution < 1.29 is 23.8 Å². The molecular weight excluding hydrogens is 506 g/mol. The second-order valence-electron chi connectivity index (χ2n) is 11.8. The molecule has 4 aromatic rings. The maximum absolute atomic E-state index is 13.3. The number of likely N-dealkylation sites (N-methyl/N-ethyl adjacent to an activating group) is 1. The van der Waals surface area contributed by atoms with Gasteiger partial charge in [-0.15, -0.1) is 0 Å². The summed E-state index contributed by atoms with van der Waals surface area (Å²) in [7, 11) is 2.11. The molecule has 3 heterocycles. The van der Waals surface area contributed by atoms with Gasteiger partial charge in [-0.25, -0.2) is 4.79 Å². The number of hydrogen-bond acceptors (Lipinski definition) is 8. The molecule has 40 heavy (non-hydrogen) atoms. The maximum atomic E-state index is 13.3. The molecule has 1 aliphatic rings. The molecule has 5 rings (SSSR count). The summed E-state index contributed by atoms with van der Waals surface area (Å²) in [6.07, 6.45) is 3.53. The molecule has 1 aliphatic heterocycles. The van der Waals surface area contributed by atoms with Crippen molar-refractivity contribution in [3.63, 3.8) is 0 Å². The molecule has 0 radical (unpaired) electrons. The fourth-order valence-electron chi connectivity index (χ4n) is 5.46. The van der Waals surface area contributed by atoms with E-state index < -0.39 is 5.97 Å². The van der Waals surface area contributed by atoms with Crippen LogP contribution in [0.15, 0.2) is 47.1 Å². The van der Waals surface area contributed by atoms with Gasteiger partial charge in [0.1, 0.15) is 28.4 Å². The highest BCUT2D eigenvalue weighted by molar-refractivity contribution is 6.17. The van der Waals surface area contributed by atoms with E-state index in [-0.39, 0.29) is 23.8 Å². The summed E-state index contributed by atoms with van der Waals surface area (Å²) in [5, 5.41) is 14.1. The predicted octanol–water partition coefficient (Wildman–Crippen LogP) is 5.93. The summed E-state index contributed by atoms with van der Waals surface area (Å²) in [4.78, 5) is 22.2. The standard InChI is InChI=1S/C32H39N3O5/c1-7-38-31(37)25-20(2)40-30-23-9-8-22(39-19-32(3,4)5)18-24(23)29(36)27(26(25)30)28(21-10-12-33-13-11-21)35-16-14-34(6)15-17-35/h8-13,18,28,36H,7,14-17,19H2,1-6H3. The lowest BCUT2D eigenvalue weighted by molar-refractivity contribution is 0.0526. The zero-order valence-corrected chi connectivity index (χ0v) is 24.3. The van der Waals surface area contributed by atoms with Crippen molar-refractivity contribution in [2.45, 2.75) is 40.7 Å². The number of aromatic nitrogens is 1. The van der Waals surface area contributed by atoms with E-state index in [9.17, 15) is 9.90 Å². The molecule has 2 aromatic carbocycles. The van der Waals surface area contributed by atoms with E-state index in [0.29, 0.717) is 51.0 Å². The average molecular weight is 546 g/mol. The van der Waals surface area contributed by atoms with E-state index in [0.717, 1.165) is 31.7 Å². The van der Waals surface area contributed by atoms with Crippen LogP contribution < -0.4 is 4.74 Å². The van der Waals surface area contributed by atoms with E-state index in [4.69, 9.17) is 13.9 Å². The van der Waals surface area contributed by atoms with Crippen LogP contribution in [-0.2, 0) is 4.74 Å². The Morgan fingerprint density at radius 1 is 1.10 bits per heavy atom. The molecule has 1 N–H and O–H groups in total. The molecule has 212 valence electrons. The van der Waals surface area contributed by atoms with Crippen molar-refractivity contribution in [2.24, 2.45) is 5.41 Å². The molecule has 1 atom stereocenters. The number of furan rings is 1. The van der Waals surface area contributed by atoms with E-state index in [1.54, 1.807) is 26.2 Å². The molecule has 0 bridgehead atoms. The number of piperazine rings is 1. The number of carbonyl (C=O) groups excluding carboxylic acids is 1. The monoisotopic (exact) mass is 545 g/mol. The van der Waals surface area contributed by atoms with Gasteiger partial charge < -0.3 is 23.9 Å². The summed E-state index contributed by atoms with van der Waals surface area (Å²) >= 11 is 0. The second kappa shape index (κ2) is 11.1. The van der Waals surface area contributed by atoms with Crippen LogP contribution in [0.4, 0.5) is 0 Å². The number of aromatic hydroxyl groups is 1. The van der Waals surface area contributed by atoms with Crippen molar-refractivity contribution in [1.29, 1.82) is 0 Å². The smallest absolute Gasteiger partial charge is 0.342 e. The number of pyridine rings is 1. The Labute approximate surface area is 235 Å². The minimum atomic E-state index is -0.462. The van der Waals surface area contributed by atoms with Crippen molar-refractivity contribution >= 4 is 27.7 Å². The van der Waals surface area contributed by atoms with Crippen LogP contribution in [0.5, 0.6) is 11.5 Å². The van der Waals surface area contributed by atoms with Gasteiger partial charge in [0.25, 0.3) is 0 Å². The number of nitrogens with zero attached hydrogens (tertiary/aromatic N) is 3. The Morgan fingerprint density at radius 3 is 2.45 bits per heavy atom. The molecule has 2 aromatic heterocycles. The van der Waals surface area contributed by atoms with Crippen LogP contribution in [0, 0.1) is 12.3 Å². The summed E-state index contributed by atoms with van der Waals surface area (Å²) in [6, 6.07) is 9.25. The summed E-state index contributed by atoms with van der Waals surface area (Å²) in [5.74, 6) is 0.769. The van der Waals surface area contributed by atoms with Gasteiger partial charge >= 0.3 is 5.97 Å². The van der Waals surface area contributed by atoms with Crippen molar-refractivity contribution in [2.75, 3.05) is 46.4 Å². The summed E-state index contributed by atoms with van der Waals surface area (Å²) < 4.78 is 17.9. The number of hydrogen-bond donors (Lipinski definition) is 1. The number of phenolic OH excluding ortho intramolecular Hbond substituents is 1. The molecule has 1 unspecified atom stereocenters. The van der Waals surface area contributed by atoms with Gasteiger partial charge in [0.05, 0.1) is 19.3 Å². The zero-order chi connectivity index (χ0) is 28.6. The Morgan fingerprint density at radius 2 is 1.80 bits per heavy atom. The molecular formula is C32H39N3O5. The van der Waals surface area contributed by atoms with Crippen molar-refractivity contribution in [1.82, 2.24) is 14.8 Å². The zero-order valence-electron chi connectivity index (χ0n) is 24.3. The first kappa shape index (κ1) is 27.9. The lowest BCUT2D eigenvalue weighted by Crippen LogP contribution is -2.46. The molecule has 1 fully saturated rings. The van der Waals surface area contributed by atoms with Crippen LogP contribution in [0.2, 0.25) is 0 Å². The Bertz CT molecular complexity index is 1520. The van der Waals surface area contributed by atoms with E-state index in [1.807, 2.05) is 30.3 Å². The third kappa shape index (κ3) is 5.38. The van der Waals surface area contributed by atoms with Crippen LogP contribution in [-0.4, -0.2) is 72.3 Å². The number of carbonyl (C=O) groups is 1. The number of rotatable bonds is 7. The van der Waals surface area contributed by atoms with Gasteiger partial charge in [-0.2, -0.15) is 0 Å². The molecule has 8 nitrogen and oxygen atoms in total. The highest BCUT2D eigenvalue weighted by atomic mass is 16.5. The van der Waals surface area contributed by atoms with Crippen molar-refractivity contribution in [3.8, 4) is 11.5 Å². The van der Waals surface area contributed by atoms with Crippen molar-refractivity contribution in [3.05, 3.63) is 65.2 Å². The maximum Gasteiger partial charge on any atom is 0.342 e. The van der Waals surface area contributed by atoms with Gasteiger partial charge in [-0.1, -0.05) is 20.8 Å². The normalized spacial score (nSPS) is 15.9. The third-order valence-corrected chi connectivity index (χ3v) is 7.45. The van der Waals surface area contributed by atoms with Gasteiger partial charge in [-0.05, 0) is 62.2 Å². The molecule has 0 spiro atoms. The minimum Gasteiger partial charge on any atom is -0.507 e. The Balaban J connectivity index is 1.82. The highest BCUT2D eigenvalue weighted by Gasteiger charge is 2.35. The van der Waals surface area contributed by atoms with Crippen LogP contribution >= 0.6 is 0 Å². The van der Waals surface area contributed by atoms with Gasteiger partial charge in [0, 0.05) is 60.3 Å². The number of aryl methyl sites for hydroxylation is 1. The quantitative estimate of drug-likeness (QED) is 0.286. The predicted molar refractivity (Wildman–Crippen MR) is 156 cm³/mol. The number of ether oxygens (including phenoxy) is 2. The number of fused-ring (bicyclic) bond motifs is 3. The lowest BCUT2D eigenvalue weighted by atomic mass is 9.88. The second-order valence-corrected chi connectivity index (χ2v) is 11.8. The molecule has 1 saturated heterocycles. The van der Waals surface area contributed by atoms with Gasteiger partial charge in [0.15, 0.2) is 0 Å². The lowest BCUT2D eigenvalue weighted by Gasteiger charge is -2.39. The first-order valence-electron chi connectivity index (χ1n) is 13.9. The first-order chi connectivity index (χ1) is 19.1. The fraction of sp³-hybridized carbons (Fsp3) is 0.438. The van der Waals surface area contributed by atoms with E-state index in [1.165, 1.54) is 0 Å².